The molecular weight excluding hydrogens is 442 g/mol. The number of carbonyl (C=O) groups excluding carboxylic acids is 3. The summed E-state index contributed by atoms with van der Waals surface area (Å²) in [6.45, 7) is 17.9. The zero-order valence-electron chi connectivity index (χ0n) is 23.3. The van der Waals surface area contributed by atoms with Crippen molar-refractivity contribution in [3.63, 3.8) is 0 Å². The highest BCUT2D eigenvalue weighted by molar-refractivity contribution is 5.90. The molecule has 0 aliphatic heterocycles. The zero-order chi connectivity index (χ0) is 26.8. The fourth-order valence-electron chi connectivity index (χ4n) is 4.00. The van der Waals surface area contributed by atoms with E-state index in [2.05, 4.69) is 31.4 Å². The highest BCUT2D eigenvalue weighted by atomic mass is 16.6. The molecule has 0 saturated heterocycles. The minimum atomic E-state index is -0.791. The van der Waals surface area contributed by atoms with Gasteiger partial charge in [-0.2, -0.15) is 0 Å². The Labute approximate surface area is 212 Å². The molecule has 0 aliphatic rings. The van der Waals surface area contributed by atoms with Crippen LogP contribution < -0.4 is 10.6 Å². The predicted octanol–water partition coefficient (Wildman–Crippen LogP) is 5.44. The second-order valence-corrected chi connectivity index (χ2v) is 10.9. The van der Waals surface area contributed by atoms with E-state index in [9.17, 15) is 14.4 Å². The molecule has 0 spiro atoms. The molecule has 2 N–H and O–H groups in total. The number of hydrogen-bond acceptors (Lipinski definition) is 4. The van der Waals surface area contributed by atoms with Crippen LogP contribution in [0.4, 0.5) is 4.79 Å². The lowest BCUT2D eigenvalue weighted by Gasteiger charge is -2.37. The van der Waals surface area contributed by atoms with Gasteiger partial charge in [-0.3, -0.25) is 9.59 Å². The highest BCUT2D eigenvalue weighted by Gasteiger charge is 2.35. The molecule has 35 heavy (non-hydrogen) atoms. The Morgan fingerprint density at radius 2 is 1.57 bits per heavy atom. The van der Waals surface area contributed by atoms with Crippen LogP contribution in [0.5, 0.6) is 0 Å². The predicted molar refractivity (Wildman–Crippen MR) is 141 cm³/mol. The molecule has 198 valence electrons. The van der Waals surface area contributed by atoms with E-state index < -0.39 is 17.7 Å². The SMILES string of the molecule is CCCCNC(=O)C(c1cc(C)cc(C)c1)N(C(=O)CNC(=O)OC(C)(C)C)C(C)CCC(C)C. The molecule has 0 aliphatic carbocycles. The normalized spacial score (nSPS) is 13.2. The van der Waals surface area contributed by atoms with Gasteiger partial charge in [0.2, 0.25) is 11.8 Å². The minimum absolute atomic E-state index is 0.201. The number of nitrogens with zero attached hydrogens (tertiary/aromatic N) is 1. The van der Waals surface area contributed by atoms with Gasteiger partial charge in [-0.05, 0) is 72.3 Å². The molecule has 2 atom stereocenters. The standard InChI is InChI=1S/C28H47N3O4/c1-10-11-14-29-26(33)25(23-16-20(4)15-21(5)17-23)31(22(6)13-12-19(2)3)24(32)18-30-27(34)35-28(7,8)9/h15-17,19,22,25H,10-14,18H2,1-9H3,(H,29,33)(H,30,34). The summed E-state index contributed by atoms with van der Waals surface area (Å²) in [6.07, 6.45) is 2.83. The fourth-order valence-corrected chi connectivity index (χ4v) is 4.00. The molecule has 2 unspecified atom stereocenters. The van der Waals surface area contributed by atoms with Crippen molar-refractivity contribution < 1.29 is 19.1 Å². The van der Waals surface area contributed by atoms with Crippen LogP contribution in [0.1, 0.15) is 96.9 Å². The molecule has 3 amide bonds. The number of hydrogen-bond donors (Lipinski definition) is 2. The Balaban J connectivity index is 3.36. The lowest BCUT2D eigenvalue weighted by molar-refractivity contribution is -0.142. The molecule has 0 aromatic heterocycles. The van der Waals surface area contributed by atoms with E-state index in [4.69, 9.17) is 4.74 Å². The van der Waals surface area contributed by atoms with E-state index in [0.29, 0.717) is 12.5 Å². The number of aryl methyl sites for hydroxylation is 2. The molecule has 1 aromatic carbocycles. The average molecular weight is 490 g/mol. The number of alkyl carbamates (subject to hydrolysis) is 1. The lowest BCUT2D eigenvalue weighted by atomic mass is 9.96. The number of rotatable bonds is 12. The van der Waals surface area contributed by atoms with Crippen LogP contribution in [0.2, 0.25) is 0 Å². The number of carbonyl (C=O) groups is 3. The Bertz CT molecular complexity index is 825. The molecular formula is C28H47N3O4. The molecule has 1 rings (SSSR count). The van der Waals surface area contributed by atoms with Crippen molar-refractivity contribution in [2.24, 2.45) is 5.92 Å². The second kappa shape index (κ2) is 14.1. The van der Waals surface area contributed by atoms with Crippen molar-refractivity contribution in [1.82, 2.24) is 15.5 Å². The van der Waals surface area contributed by atoms with Crippen molar-refractivity contribution in [3.05, 3.63) is 34.9 Å². The topological polar surface area (TPSA) is 87.7 Å². The average Bonchev–Trinajstić information content (AvgIpc) is 2.72. The Morgan fingerprint density at radius 1 is 0.971 bits per heavy atom. The molecule has 0 heterocycles. The van der Waals surface area contributed by atoms with Gasteiger partial charge >= 0.3 is 6.09 Å². The number of amides is 3. The summed E-state index contributed by atoms with van der Waals surface area (Å²) in [5.41, 5.74) is 2.16. The van der Waals surface area contributed by atoms with Gasteiger partial charge in [0, 0.05) is 12.6 Å². The minimum Gasteiger partial charge on any atom is -0.444 e. The van der Waals surface area contributed by atoms with Gasteiger partial charge in [-0.1, -0.05) is 56.5 Å². The van der Waals surface area contributed by atoms with Gasteiger partial charge in [-0.15, -0.1) is 0 Å². The van der Waals surface area contributed by atoms with Crippen LogP contribution in [0.15, 0.2) is 18.2 Å². The van der Waals surface area contributed by atoms with Crippen LogP contribution in [0.3, 0.4) is 0 Å². The number of benzene rings is 1. The van der Waals surface area contributed by atoms with Gasteiger partial charge in [0.1, 0.15) is 18.2 Å². The molecule has 7 nitrogen and oxygen atoms in total. The zero-order valence-corrected chi connectivity index (χ0v) is 23.3. The van der Waals surface area contributed by atoms with E-state index in [1.807, 2.05) is 39.0 Å². The maximum absolute atomic E-state index is 13.6. The van der Waals surface area contributed by atoms with Crippen molar-refractivity contribution in [1.29, 1.82) is 0 Å². The third-order valence-electron chi connectivity index (χ3n) is 5.62. The summed E-state index contributed by atoms with van der Waals surface area (Å²) in [6, 6.07) is 4.99. The van der Waals surface area contributed by atoms with E-state index in [1.54, 1.807) is 25.7 Å². The van der Waals surface area contributed by atoms with Crippen molar-refractivity contribution in [2.45, 2.75) is 106 Å². The lowest BCUT2D eigenvalue weighted by Crippen LogP contribution is -2.51. The van der Waals surface area contributed by atoms with E-state index in [0.717, 1.165) is 42.4 Å². The van der Waals surface area contributed by atoms with Gasteiger partial charge < -0.3 is 20.3 Å². The summed E-state index contributed by atoms with van der Waals surface area (Å²) < 4.78 is 5.30. The van der Waals surface area contributed by atoms with Crippen molar-refractivity contribution in [2.75, 3.05) is 13.1 Å². The number of unbranched alkanes of at least 4 members (excludes halogenated alkanes) is 1. The molecule has 0 fully saturated rings. The maximum atomic E-state index is 13.6. The van der Waals surface area contributed by atoms with Gasteiger partial charge in [-0.25, -0.2) is 4.79 Å². The van der Waals surface area contributed by atoms with Crippen molar-refractivity contribution >= 4 is 17.9 Å². The monoisotopic (exact) mass is 489 g/mol. The first-order valence-electron chi connectivity index (χ1n) is 12.9. The summed E-state index contributed by atoms with van der Waals surface area (Å²) in [5.74, 6) is -0.0558. The quantitative estimate of drug-likeness (QED) is 0.383. The second-order valence-electron chi connectivity index (χ2n) is 10.9. The van der Waals surface area contributed by atoms with Crippen LogP contribution >= 0.6 is 0 Å². The highest BCUT2D eigenvalue weighted by Crippen LogP contribution is 2.28. The van der Waals surface area contributed by atoms with Crippen molar-refractivity contribution in [3.8, 4) is 0 Å². The Kier molecular flexibility index (Phi) is 12.3. The Hall–Kier alpha value is -2.57. The Morgan fingerprint density at radius 3 is 2.09 bits per heavy atom. The third-order valence-corrected chi connectivity index (χ3v) is 5.62. The molecule has 0 saturated carbocycles. The smallest absolute Gasteiger partial charge is 0.408 e. The third kappa shape index (κ3) is 11.1. The van der Waals surface area contributed by atoms with Crippen LogP contribution in [-0.2, 0) is 14.3 Å². The number of ether oxygens (including phenoxy) is 1. The van der Waals surface area contributed by atoms with Gasteiger partial charge in [0.25, 0.3) is 0 Å². The van der Waals surface area contributed by atoms with Gasteiger partial charge in [0.15, 0.2) is 0 Å². The van der Waals surface area contributed by atoms with E-state index >= 15 is 0 Å². The summed E-state index contributed by atoms with van der Waals surface area (Å²) in [7, 11) is 0. The first kappa shape index (κ1) is 30.5. The largest absolute Gasteiger partial charge is 0.444 e. The van der Waals surface area contributed by atoms with Gasteiger partial charge in [0.05, 0.1) is 0 Å². The molecule has 1 aromatic rings. The maximum Gasteiger partial charge on any atom is 0.408 e. The summed E-state index contributed by atoms with van der Waals surface area (Å²) >= 11 is 0. The molecule has 0 bridgehead atoms. The first-order valence-corrected chi connectivity index (χ1v) is 12.9. The van der Waals surface area contributed by atoms with Crippen LogP contribution in [0, 0.1) is 19.8 Å². The molecule has 7 heteroatoms. The first-order chi connectivity index (χ1) is 16.2. The van der Waals surface area contributed by atoms with Crippen LogP contribution in [0.25, 0.3) is 0 Å². The van der Waals surface area contributed by atoms with Crippen LogP contribution in [-0.4, -0.2) is 47.5 Å². The number of nitrogens with one attached hydrogen (secondary N) is 2. The summed E-state index contributed by atoms with van der Waals surface area (Å²) in [4.78, 5) is 41.0. The van der Waals surface area contributed by atoms with E-state index in [-0.39, 0.29) is 24.4 Å². The summed E-state index contributed by atoms with van der Waals surface area (Å²) in [5, 5.41) is 5.60. The molecule has 0 radical (unpaired) electrons. The van der Waals surface area contributed by atoms with E-state index in [1.165, 1.54) is 0 Å². The fraction of sp³-hybridized carbons (Fsp3) is 0.679.